The number of anilines is 2. The number of carbonyl (C=O) groups is 1. The number of amides is 1. The van der Waals surface area contributed by atoms with Gasteiger partial charge in [-0.15, -0.1) is 0 Å². The fraction of sp³-hybridized carbons (Fsp3) is 0.381. The van der Waals surface area contributed by atoms with Crippen molar-refractivity contribution in [3.63, 3.8) is 0 Å². The monoisotopic (exact) mass is 364 g/mol. The number of hydrogen-bond donors (Lipinski definition) is 0. The van der Waals surface area contributed by atoms with Gasteiger partial charge in [0, 0.05) is 43.4 Å². The Hall–Kier alpha value is -2.73. The van der Waals surface area contributed by atoms with Gasteiger partial charge in [0.2, 0.25) is 5.91 Å². The standard InChI is InChI=1S/C21H24N4O2/c1-15-16(2)22-20(14-19(15)24-10-12-27-13-11-24)25-21(26)9-8-18(23-25)17-6-4-3-5-7-17/h3-7,14H,8-13H2,1-2H3. The lowest BCUT2D eigenvalue weighted by molar-refractivity contribution is -0.118. The van der Waals surface area contributed by atoms with Crippen molar-refractivity contribution in [3.8, 4) is 0 Å². The Morgan fingerprint density at radius 3 is 2.52 bits per heavy atom. The predicted molar refractivity (Wildman–Crippen MR) is 106 cm³/mol. The number of aromatic nitrogens is 1. The van der Waals surface area contributed by atoms with Crippen LogP contribution in [0.4, 0.5) is 11.5 Å². The number of rotatable bonds is 3. The van der Waals surface area contributed by atoms with Gasteiger partial charge >= 0.3 is 0 Å². The third-order valence-electron chi connectivity index (χ3n) is 5.18. The van der Waals surface area contributed by atoms with Crippen LogP contribution in [0.15, 0.2) is 41.5 Å². The number of hydrogen-bond acceptors (Lipinski definition) is 5. The van der Waals surface area contributed by atoms with E-state index in [4.69, 9.17) is 4.74 Å². The van der Waals surface area contributed by atoms with Crippen LogP contribution in [0.1, 0.15) is 29.7 Å². The second-order valence-corrected chi connectivity index (χ2v) is 6.93. The minimum atomic E-state index is -0.0154. The zero-order valence-electron chi connectivity index (χ0n) is 15.8. The van der Waals surface area contributed by atoms with Crippen molar-refractivity contribution in [2.24, 2.45) is 5.10 Å². The molecule has 2 aromatic rings. The zero-order valence-corrected chi connectivity index (χ0v) is 15.8. The molecule has 2 aliphatic rings. The molecule has 2 aliphatic heterocycles. The van der Waals surface area contributed by atoms with E-state index in [1.807, 2.05) is 43.3 Å². The number of pyridine rings is 1. The number of carbonyl (C=O) groups excluding carboxylic acids is 1. The van der Waals surface area contributed by atoms with Crippen LogP contribution in [0.3, 0.4) is 0 Å². The molecular formula is C21H24N4O2. The average molecular weight is 364 g/mol. The predicted octanol–water partition coefficient (Wildman–Crippen LogP) is 3.07. The third-order valence-corrected chi connectivity index (χ3v) is 5.18. The quantitative estimate of drug-likeness (QED) is 0.840. The number of hydrazone groups is 1. The number of nitrogens with zero attached hydrogens (tertiary/aromatic N) is 4. The van der Waals surface area contributed by atoms with Gasteiger partial charge in [-0.1, -0.05) is 30.3 Å². The maximum Gasteiger partial charge on any atom is 0.249 e. The number of morpholine rings is 1. The summed E-state index contributed by atoms with van der Waals surface area (Å²) < 4.78 is 5.47. The molecule has 0 spiro atoms. The summed E-state index contributed by atoms with van der Waals surface area (Å²) in [6.07, 6.45) is 1.09. The molecule has 0 unspecified atom stereocenters. The lowest BCUT2D eigenvalue weighted by Gasteiger charge is -2.31. The van der Waals surface area contributed by atoms with E-state index in [1.165, 1.54) is 5.01 Å². The smallest absolute Gasteiger partial charge is 0.249 e. The first-order valence-electron chi connectivity index (χ1n) is 9.40. The highest BCUT2D eigenvalue weighted by Gasteiger charge is 2.26. The van der Waals surface area contributed by atoms with Crippen molar-refractivity contribution in [2.75, 3.05) is 36.2 Å². The molecule has 1 amide bonds. The van der Waals surface area contributed by atoms with Gasteiger partial charge in [-0.25, -0.2) is 4.98 Å². The van der Waals surface area contributed by atoms with Crippen molar-refractivity contribution in [3.05, 3.63) is 53.2 Å². The van der Waals surface area contributed by atoms with Gasteiger partial charge in [0.25, 0.3) is 0 Å². The van der Waals surface area contributed by atoms with Gasteiger partial charge in [-0.05, 0) is 25.0 Å². The Kier molecular flexibility index (Phi) is 4.90. The minimum Gasteiger partial charge on any atom is -0.378 e. The summed E-state index contributed by atoms with van der Waals surface area (Å²) in [5.41, 5.74) is 5.13. The van der Waals surface area contributed by atoms with Crippen LogP contribution in [0.2, 0.25) is 0 Å². The van der Waals surface area contributed by atoms with Crippen LogP contribution in [-0.2, 0) is 9.53 Å². The van der Waals surface area contributed by atoms with Crippen molar-refractivity contribution in [1.82, 2.24) is 4.98 Å². The molecule has 0 aliphatic carbocycles. The van der Waals surface area contributed by atoms with E-state index in [9.17, 15) is 4.79 Å². The summed E-state index contributed by atoms with van der Waals surface area (Å²) in [7, 11) is 0. The van der Waals surface area contributed by atoms with Gasteiger partial charge in [0.15, 0.2) is 5.82 Å². The molecule has 0 saturated carbocycles. The molecule has 140 valence electrons. The first-order valence-corrected chi connectivity index (χ1v) is 9.40. The minimum absolute atomic E-state index is 0.0154. The summed E-state index contributed by atoms with van der Waals surface area (Å²) in [5, 5.41) is 6.13. The van der Waals surface area contributed by atoms with E-state index in [1.54, 1.807) is 0 Å². The summed E-state index contributed by atoms with van der Waals surface area (Å²) in [6.45, 7) is 7.18. The molecule has 1 fully saturated rings. The first-order chi connectivity index (χ1) is 13.1. The molecule has 0 radical (unpaired) electrons. The van der Waals surface area contributed by atoms with E-state index in [0.29, 0.717) is 18.7 Å². The van der Waals surface area contributed by atoms with Gasteiger partial charge in [0.1, 0.15) is 0 Å². The van der Waals surface area contributed by atoms with E-state index in [-0.39, 0.29) is 5.91 Å². The molecule has 27 heavy (non-hydrogen) atoms. The molecule has 6 heteroatoms. The molecule has 3 heterocycles. The Balaban J connectivity index is 1.73. The number of aryl methyl sites for hydroxylation is 1. The molecule has 6 nitrogen and oxygen atoms in total. The summed E-state index contributed by atoms with van der Waals surface area (Å²) in [5.74, 6) is 0.580. The van der Waals surface area contributed by atoms with Crippen LogP contribution in [0, 0.1) is 13.8 Å². The molecular weight excluding hydrogens is 340 g/mol. The normalized spacial score (nSPS) is 17.9. The highest BCUT2D eigenvalue weighted by atomic mass is 16.5. The SMILES string of the molecule is Cc1nc(N2N=C(c3ccccc3)CCC2=O)cc(N2CCOCC2)c1C. The average Bonchev–Trinajstić information content (AvgIpc) is 2.72. The largest absolute Gasteiger partial charge is 0.378 e. The maximum absolute atomic E-state index is 12.6. The fourth-order valence-corrected chi connectivity index (χ4v) is 3.51. The summed E-state index contributed by atoms with van der Waals surface area (Å²) >= 11 is 0. The second kappa shape index (κ2) is 7.48. The molecule has 4 rings (SSSR count). The molecule has 1 saturated heterocycles. The van der Waals surface area contributed by atoms with Crippen LogP contribution < -0.4 is 9.91 Å². The highest BCUT2D eigenvalue weighted by molar-refractivity contribution is 6.08. The topological polar surface area (TPSA) is 58.0 Å². The Labute approximate surface area is 159 Å². The van der Waals surface area contributed by atoms with Crippen LogP contribution >= 0.6 is 0 Å². The van der Waals surface area contributed by atoms with Crippen LogP contribution in [-0.4, -0.2) is 42.9 Å². The van der Waals surface area contributed by atoms with Crippen molar-refractivity contribution < 1.29 is 9.53 Å². The molecule has 0 N–H and O–H groups in total. The summed E-state index contributed by atoms with van der Waals surface area (Å²) in [4.78, 5) is 19.6. The van der Waals surface area contributed by atoms with Gasteiger partial charge in [-0.2, -0.15) is 10.1 Å². The van der Waals surface area contributed by atoms with Crippen LogP contribution in [0.25, 0.3) is 0 Å². The van der Waals surface area contributed by atoms with Crippen molar-refractivity contribution in [2.45, 2.75) is 26.7 Å². The third kappa shape index (κ3) is 3.57. The molecule has 0 bridgehead atoms. The Morgan fingerprint density at radius 1 is 1.04 bits per heavy atom. The first kappa shape index (κ1) is 17.7. The van der Waals surface area contributed by atoms with Crippen LogP contribution in [0.5, 0.6) is 0 Å². The number of benzene rings is 1. The summed E-state index contributed by atoms with van der Waals surface area (Å²) in [6, 6.07) is 12.0. The van der Waals surface area contributed by atoms with Crippen molar-refractivity contribution in [1.29, 1.82) is 0 Å². The maximum atomic E-state index is 12.6. The zero-order chi connectivity index (χ0) is 18.8. The molecule has 1 aromatic heterocycles. The van der Waals surface area contributed by atoms with E-state index < -0.39 is 0 Å². The van der Waals surface area contributed by atoms with Crippen molar-refractivity contribution >= 4 is 23.1 Å². The fourth-order valence-electron chi connectivity index (χ4n) is 3.51. The van der Waals surface area contributed by atoms with Gasteiger partial charge in [0.05, 0.1) is 18.9 Å². The molecule has 1 aromatic carbocycles. The Bertz CT molecular complexity index is 873. The lowest BCUT2D eigenvalue weighted by Crippen LogP contribution is -2.37. The van der Waals surface area contributed by atoms with E-state index in [0.717, 1.165) is 54.5 Å². The highest BCUT2D eigenvalue weighted by Crippen LogP contribution is 2.30. The lowest BCUT2D eigenvalue weighted by atomic mass is 10.0. The Morgan fingerprint density at radius 2 is 1.78 bits per heavy atom. The van der Waals surface area contributed by atoms with E-state index in [2.05, 4.69) is 21.9 Å². The second-order valence-electron chi connectivity index (χ2n) is 6.93. The molecule has 0 atom stereocenters. The number of ether oxygens (including phenoxy) is 1. The van der Waals surface area contributed by atoms with Gasteiger partial charge in [-0.3, -0.25) is 4.79 Å². The van der Waals surface area contributed by atoms with Gasteiger partial charge < -0.3 is 9.64 Å². The van der Waals surface area contributed by atoms with E-state index >= 15 is 0 Å².